The van der Waals surface area contributed by atoms with Crippen molar-refractivity contribution in [2.24, 2.45) is 0 Å². The molecule has 0 aromatic heterocycles. The van der Waals surface area contributed by atoms with E-state index in [2.05, 4.69) is 5.32 Å². The van der Waals surface area contributed by atoms with Crippen molar-refractivity contribution < 1.29 is 18.8 Å². The molecule has 3 aromatic carbocycles. The summed E-state index contributed by atoms with van der Waals surface area (Å²) < 4.78 is 18.8. The van der Waals surface area contributed by atoms with Crippen molar-refractivity contribution in [3.05, 3.63) is 100 Å². The van der Waals surface area contributed by atoms with E-state index in [0.29, 0.717) is 11.3 Å². The first kappa shape index (κ1) is 18.1. The van der Waals surface area contributed by atoms with Gasteiger partial charge in [0.15, 0.2) is 5.75 Å². The van der Waals surface area contributed by atoms with Crippen LogP contribution in [0.4, 0.5) is 15.8 Å². The summed E-state index contributed by atoms with van der Waals surface area (Å²) in [7, 11) is 0. The molecule has 1 atom stereocenters. The fourth-order valence-electron chi connectivity index (χ4n) is 2.48. The number of halogens is 1. The number of hydrogen-bond acceptors (Lipinski definition) is 4. The van der Waals surface area contributed by atoms with Crippen molar-refractivity contribution in [2.75, 3.05) is 5.32 Å². The van der Waals surface area contributed by atoms with E-state index < -0.39 is 22.8 Å². The van der Waals surface area contributed by atoms with Gasteiger partial charge >= 0.3 is 5.69 Å². The van der Waals surface area contributed by atoms with Crippen molar-refractivity contribution in [1.29, 1.82) is 0 Å². The van der Waals surface area contributed by atoms with Crippen LogP contribution in [0.3, 0.4) is 0 Å². The summed E-state index contributed by atoms with van der Waals surface area (Å²) >= 11 is 0. The van der Waals surface area contributed by atoms with Gasteiger partial charge in [-0.1, -0.05) is 42.5 Å². The maximum atomic E-state index is 13.1. The van der Waals surface area contributed by atoms with Gasteiger partial charge in [0, 0.05) is 17.3 Å². The summed E-state index contributed by atoms with van der Waals surface area (Å²) in [6.45, 7) is 0. The van der Waals surface area contributed by atoms with Crippen molar-refractivity contribution in [3.8, 4) is 5.75 Å². The van der Waals surface area contributed by atoms with Crippen LogP contribution in [0.5, 0.6) is 5.75 Å². The molecule has 0 aliphatic heterocycles. The van der Waals surface area contributed by atoms with Crippen LogP contribution in [0.2, 0.25) is 0 Å². The Balaban J connectivity index is 1.91. The Morgan fingerprint density at radius 3 is 2.26 bits per heavy atom. The number of anilines is 1. The third-order valence-corrected chi connectivity index (χ3v) is 3.76. The molecule has 0 aliphatic rings. The molecular weight excluding hydrogens is 351 g/mol. The second kappa shape index (κ2) is 8.09. The monoisotopic (exact) mass is 366 g/mol. The summed E-state index contributed by atoms with van der Waals surface area (Å²) in [5.41, 5.74) is 0.664. The minimum absolute atomic E-state index is 0.0226. The lowest BCUT2D eigenvalue weighted by Gasteiger charge is -2.19. The van der Waals surface area contributed by atoms with E-state index in [-0.39, 0.29) is 11.4 Å². The summed E-state index contributed by atoms with van der Waals surface area (Å²) in [6.07, 6.45) is -1.13. The molecule has 6 nitrogen and oxygen atoms in total. The van der Waals surface area contributed by atoms with Gasteiger partial charge in [0.05, 0.1) is 4.92 Å². The highest BCUT2D eigenvalue weighted by Crippen LogP contribution is 2.31. The second-order valence-corrected chi connectivity index (χ2v) is 5.63. The zero-order valence-corrected chi connectivity index (χ0v) is 14.0. The Bertz CT molecular complexity index is 946. The third kappa shape index (κ3) is 4.46. The van der Waals surface area contributed by atoms with Crippen LogP contribution in [0.25, 0.3) is 0 Å². The number of amides is 1. The number of para-hydroxylation sites is 2. The predicted molar refractivity (Wildman–Crippen MR) is 97.9 cm³/mol. The van der Waals surface area contributed by atoms with E-state index in [1.54, 1.807) is 36.4 Å². The minimum Gasteiger partial charge on any atom is -0.469 e. The number of nitro groups is 1. The molecule has 3 aromatic rings. The minimum atomic E-state index is -1.13. The van der Waals surface area contributed by atoms with Crippen LogP contribution in [0.1, 0.15) is 11.7 Å². The molecule has 7 heteroatoms. The fraction of sp³-hybridized carbons (Fsp3) is 0.0500. The van der Waals surface area contributed by atoms with Gasteiger partial charge in [0.25, 0.3) is 5.91 Å². The van der Waals surface area contributed by atoms with E-state index in [0.717, 1.165) is 0 Å². The zero-order valence-electron chi connectivity index (χ0n) is 14.0. The molecule has 1 N–H and O–H groups in total. The van der Waals surface area contributed by atoms with Gasteiger partial charge in [-0.25, -0.2) is 4.39 Å². The SMILES string of the molecule is O=C(Nc1ccc(F)cc1)[C@H](Oc1ccccc1[N+](=O)[O-])c1ccccc1. The number of carbonyl (C=O) groups is 1. The van der Waals surface area contributed by atoms with E-state index >= 15 is 0 Å². The molecule has 27 heavy (non-hydrogen) atoms. The van der Waals surface area contributed by atoms with Gasteiger partial charge in [-0.3, -0.25) is 14.9 Å². The van der Waals surface area contributed by atoms with Crippen LogP contribution >= 0.6 is 0 Å². The Kier molecular flexibility index (Phi) is 5.41. The Morgan fingerprint density at radius 1 is 0.963 bits per heavy atom. The maximum absolute atomic E-state index is 13.1. The van der Waals surface area contributed by atoms with Gasteiger partial charge in [0.2, 0.25) is 6.10 Å². The maximum Gasteiger partial charge on any atom is 0.310 e. The number of rotatable bonds is 6. The van der Waals surface area contributed by atoms with Gasteiger partial charge in [-0.05, 0) is 30.3 Å². The average molecular weight is 366 g/mol. The summed E-state index contributed by atoms with van der Waals surface area (Å²) in [6, 6.07) is 19.7. The topological polar surface area (TPSA) is 81.5 Å². The molecule has 0 heterocycles. The molecule has 0 spiro atoms. The lowest BCUT2D eigenvalue weighted by Crippen LogP contribution is -2.26. The molecule has 136 valence electrons. The number of carbonyl (C=O) groups excluding carboxylic acids is 1. The second-order valence-electron chi connectivity index (χ2n) is 5.63. The Hall–Kier alpha value is -3.74. The van der Waals surface area contributed by atoms with Crippen molar-refractivity contribution in [2.45, 2.75) is 6.10 Å². The Morgan fingerprint density at radius 2 is 1.59 bits per heavy atom. The first-order valence-electron chi connectivity index (χ1n) is 8.06. The molecule has 0 radical (unpaired) electrons. The van der Waals surface area contributed by atoms with Gasteiger partial charge in [-0.15, -0.1) is 0 Å². The number of benzene rings is 3. The zero-order chi connectivity index (χ0) is 19.2. The molecule has 0 saturated carbocycles. The first-order chi connectivity index (χ1) is 13.0. The van der Waals surface area contributed by atoms with E-state index in [4.69, 9.17) is 4.74 Å². The summed E-state index contributed by atoms with van der Waals surface area (Å²) in [4.78, 5) is 23.4. The smallest absolute Gasteiger partial charge is 0.310 e. The highest BCUT2D eigenvalue weighted by molar-refractivity contribution is 5.95. The van der Waals surface area contributed by atoms with E-state index in [1.165, 1.54) is 42.5 Å². The lowest BCUT2D eigenvalue weighted by molar-refractivity contribution is -0.386. The largest absolute Gasteiger partial charge is 0.469 e. The number of hydrogen-bond donors (Lipinski definition) is 1. The summed E-state index contributed by atoms with van der Waals surface area (Å²) in [5, 5.41) is 13.9. The van der Waals surface area contributed by atoms with Crippen molar-refractivity contribution >= 4 is 17.3 Å². The fourth-order valence-corrected chi connectivity index (χ4v) is 2.48. The lowest BCUT2D eigenvalue weighted by atomic mass is 10.1. The van der Waals surface area contributed by atoms with Crippen LogP contribution in [-0.4, -0.2) is 10.8 Å². The van der Waals surface area contributed by atoms with E-state index in [9.17, 15) is 19.3 Å². The standard InChI is InChI=1S/C20H15FN2O4/c21-15-10-12-16(13-11-15)22-20(24)19(14-6-2-1-3-7-14)27-18-9-5-4-8-17(18)23(25)26/h1-13,19H,(H,22,24)/t19-/m1/s1. The van der Waals surface area contributed by atoms with Crippen molar-refractivity contribution in [1.82, 2.24) is 0 Å². The number of nitrogens with zero attached hydrogens (tertiary/aromatic N) is 1. The number of ether oxygens (including phenoxy) is 1. The van der Waals surface area contributed by atoms with Crippen LogP contribution in [0, 0.1) is 15.9 Å². The van der Waals surface area contributed by atoms with E-state index in [1.807, 2.05) is 0 Å². The highest BCUT2D eigenvalue weighted by atomic mass is 19.1. The molecular formula is C20H15FN2O4. The normalized spacial score (nSPS) is 11.4. The summed E-state index contributed by atoms with van der Waals surface area (Å²) in [5.74, 6) is -0.986. The van der Waals surface area contributed by atoms with Gasteiger partial charge in [-0.2, -0.15) is 0 Å². The van der Waals surface area contributed by atoms with Crippen molar-refractivity contribution in [3.63, 3.8) is 0 Å². The quantitative estimate of drug-likeness (QED) is 0.515. The molecule has 1 amide bonds. The molecule has 3 rings (SSSR count). The molecule has 0 bridgehead atoms. The molecule has 0 unspecified atom stereocenters. The molecule has 0 fully saturated rings. The average Bonchev–Trinajstić information content (AvgIpc) is 2.68. The predicted octanol–water partition coefficient (Wildman–Crippen LogP) is 4.49. The Labute approximate surface area is 154 Å². The third-order valence-electron chi connectivity index (χ3n) is 3.76. The molecule has 0 saturated heterocycles. The highest BCUT2D eigenvalue weighted by Gasteiger charge is 2.26. The van der Waals surface area contributed by atoms with Crippen LogP contribution < -0.4 is 10.1 Å². The van der Waals surface area contributed by atoms with Crippen LogP contribution in [-0.2, 0) is 4.79 Å². The van der Waals surface area contributed by atoms with Gasteiger partial charge in [0.1, 0.15) is 5.82 Å². The molecule has 0 aliphatic carbocycles. The number of nitrogens with one attached hydrogen (secondary N) is 1. The number of nitro benzene ring substituents is 1. The van der Waals surface area contributed by atoms with Crippen LogP contribution in [0.15, 0.2) is 78.9 Å². The van der Waals surface area contributed by atoms with Gasteiger partial charge < -0.3 is 10.1 Å². The first-order valence-corrected chi connectivity index (χ1v) is 8.06.